The zero-order chi connectivity index (χ0) is 17.1. The van der Waals surface area contributed by atoms with Crippen LogP contribution in [0.15, 0.2) is 30.6 Å². The molecule has 4 rings (SSSR count). The lowest BCUT2D eigenvalue weighted by molar-refractivity contribution is 0.0165. The Morgan fingerprint density at radius 1 is 1.20 bits per heavy atom. The third kappa shape index (κ3) is 3.65. The molecule has 0 amide bonds. The van der Waals surface area contributed by atoms with Crippen LogP contribution < -0.4 is 4.74 Å². The Morgan fingerprint density at radius 3 is 2.84 bits per heavy atom. The Labute approximate surface area is 146 Å². The van der Waals surface area contributed by atoms with Crippen LogP contribution >= 0.6 is 0 Å². The van der Waals surface area contributed by atoms with Crippen LogP contribution in [0.5, 0.6) is 5.88 Å². The van der Waals surface area contributed by atoms with Crippen molar-refractivity contribution in [2.75, 3.05) is 19.8 Å². The highest BCUT2D eigenvalue weighted by Crippen LogP contribution is 2.22. The van der Waals surface area contributed by atoms with Gasteiger partial charge in [-0.2, -0.15) is 10.4 Å². The lowest BCUT2D eigenvalue weighted by Crippen LogP contribution is -2.43. The van der Waals surface area contributed by atoms with Crippen molar-refractivity contribution in [3.8, 4) is 11.9 Å². The van der Waals surface area contributed by atoms with E-state index < -0.39 is 0 Å². The minimum absolute atomic E-state index is 0.0376. The Kier molecular flexibility index (Phi) is 4.63. The maximum Gasteiger partial charge on any atom is 0.213 e. The lowest BCUT2D eigenvalue weighted by Gasteiger charge is -2.34. The molecule has 2 aliphatic heterocycles. The number of ether oxygens (including phenoxy) is 2. The molecule has 1 saturated heterocycles. The molecule has 1 fully saturated rings. The van der Waals surface area contributed by atoms with Crippen molar-refractivity contribution in [3.63, 3.8) is 0 Å². The summed E-state index contributed by atoms with van der Waals surface area (Å²) < 4.78 is 13.7. The number of fused-ring (bicyclic) bond motifs is 1. The Morgan fingerprint density at radius 2 is 2.08 bits per heavy atom. The summed E-state index contributed by atoms with van der Waals surface area (Å²) in [5.74, 6) is 0.548. The van der Waals surface area contributed by atoms with E-state index in [1.54, 1.807) is 18.3 Å². The van der Waals surface area contributed by atoms with Crippen molar-refractivity contribution in [1.29, 1.82) is 5.26 Å². The zero-order valence-corrected chi connectivity index (χ0v) is 14.0. The molecule has 2 aliphatic rings. The molecule has 25 heavy (non-hydrogen) atoms. The smallest absolute Gasteiger partial charge is 0.213 e. The van der Waals surface area contributed by atoms with Crippen LogP contribution in [0, 0.1) is 11.3 Å². The van der Waals surface area contributed by atoms with Crippen LogP contribution in [0.1, 0.15) is 24.1 Å². The molecule has 1 atom stereocenters. The van der Waals surface area contributed by atoms with Gasteiger partial charge < -0.3 is 9.47 Å². The van der Waals surface area contributed by atoms with Crippen molar-refractivity contribution in [3.05, 3.63) is 41.9 Å². The largest absolute Gasteiger partial charge is 0.471 e. The molecule has 130 valence electrons. The molecular formula is C18H21N5O2. The molecule has 7 heteroatoms. The van der Waals surface area contributed by atoms with Gasteiger partial charge in [-0.1, -0.05) is 0 Å². The fourth-order valence-corrected chi connectivity index (χ4v) is 3.53. The van der Waals surface area contributed by atoms with E-state index in [4.69, 9.17) is 14.7 Å². The summed E-state index contributed by atoms with van der Waals surface area (Å²) in [5.41, 5.74) is 1.75. The number of nitrogens with zero attached hydrogens (tertiary/aromatic N) is 5. The molecule has 0 N–H and O–H groups in total. The minimum Gasteiger partial charge on any atom is -0.471 e. The number of hydrogen-bond donors (Lipinski definition) is 0. The summed E-state index contributed by atoms with van der Waals surface area (Å²) in [4.78, 5) is 6.73. The first-order chi connectivity index (χ1) is 12.3. The molecule has 7 nitrogen and oxygen atoms in total. The first-order valence-corrected chi connectivity index (χ1v) is 8.67. The van der Waals surface area contributed by atoms with Crippen molar-refractivity contribution < 1.29 is 9.47 Å². The van der Waals surface area contributed by atoms with E-state index >= 15 is 0 Å². The van der Waals surface area contributed by atoms with Gasteiger partial charge in [0.1, 0.15) is 12.2 Å². The highest BCUT2D eigenvalue weighted by Gasteiger charge is 2.29. The summed E-state index contributed by atoms with van der Waals surface area (Å²) in [6.07, 6.45) is 5.46. The van der Waals surface area contributed by atoms with Gasteiger partial charge in [0.05, 0.1) is 17.8 Å². The average molecular weight is 339 g/mol. The zero-order valence-electron chi connectivity index (χ0n) is 14.0. The quantitative estimate of drug-likeness (QED) is 0.845. The van der Waals surface area contributed by atoms with Crippen molar-refractivity contribution in [2.24, 2.45) is 0 Å². The van der Waals surface area contributed by atoms with Gasteiger partial charge in [0.25, 0.3) is 0 Å². The van der Waals surface area contributed by atoms with E-state index in [1.165, 1.54) is 5.69 Å². The first-order valence-electron chi connectivity index (χ1n) is 8.67. The molecule has 0 bridgehead atoms. The van der Waals surface area contributed by atoms with E-state index in [2.05, 4.69) is 27.1 Å². The molecule has 0 aliphatic carbocycles. The summed E-state index contributed by atoms with van der Waals surface area (Å²) in [6, 6.07) is 8.15. The maximum atomic E-state index is 8.89. The van der Waals surface area contributed by atoms with Crippen molar-refractivity contribution >= 4 is 0 Å². The number of hydrogen-bond acceptors (Lipinski definition) is 6. The van der Waals surface area contributed by atoms with Gasteiger partial charge in [0.15, 0.2) is 0 Å². The predicted octanol–water partition coefficient (Wildman–Crippen LogP) is 1.59. The molecule has 0 aromatic carbocycles. The van der Waals surface area contributed by atoms with Gasteiger partial charge in [0.2, 0.25) is 5.88 Å². The van der Waals surface area contributed by atoms with Gasteiger partial charge in [-0.05, 0) is 25.0 Å². The van der Waals surface area contributed by atoms with Crippen LogP contribution in [0.3, 0.4) is 0 Å². The van der Waals surface area contributed by atoms with Crippen LogP contribution in [0.4, 0.5) is 0 Å². The topological polar surface area (TPSA) is 76.2 Å². The van der Waals surface area contributed by atoms with Gasteiger partial charge >= 0.3 is 0 Å². The summed E-state index contributed by atoms with van der Waals surface area (Å²) in [7, 11) is 0. The highest BCUT2D eigenvalue weighted by molar-refractivity contribution is 5.28. The van der Waals surface area contributed by atoms with E-state index in [0.717, 1.165) is 39.1 Å². The Hall–Kier alpha value is -2.43. The van der Waals surface area contributed by atoms with Gasteiger partial charge in [-0.15, -0.1) is 0 Å². The van der Waals surface area contributed by atoms with Crippen LogP contribution in [0.2, 0.25) is 0 Å². The first kappa shape index (κ1) is 16.1. The normalized spacial score (nSPS) is 22.0. The summed E-state index contributed by atoms with van der Waals surface area (Å²) in [5, 5.41) is 13.3. The predicted molar refractivity (Wildman–Crippen MR) is 89.8 cm³/mol. The highest BCUT2D eigenvalue weighted by atomic mass is 16.5. The van der Waals surface area contributed by atoms with Crippen LogP contribution in [-0.2, 0) is 17.8 Å². The molecule has 4 heterocycles. The summed E-state index contributed by atoms with van der Waals surface area (Å²) in [6.45, 7) is 4.05. The third-order valence-corrected chi connectivity index (χ3v) is 4.84. The standard InChI is InChI=1S/C18H21N5O2/c19-9-14-1-2-18(20-10-14)25-17-12-22(15-4-7-24-8-5-15)11-16-3-6-21-23(16)13-17/h1-3,6,10,15,17H,4-5,7-8,11-13H2/t17-/m1/s1. The van der Waals surface area contributed by atoms with E-state index in [1.807, 2.05) is 10.9 Å². The van der Waals surface area contributed by atoms with Gasteiger partial charge in [-0.3, -0.25) is 9.58 Å². The number of nitriles is 1. The summed E-state index contributed by atoms with van der Waals surface area (Å²) >= 11 is 0. The molecule has 0 spiro atoms. The second-order valence-corrected chi connectivity index (χ2v) is 6.51. The molecule has 0 radical (unpaired) electrons. The van der Waals surface area contributed by atoms with Gasteiger partial charge in [0, 0.05) is 50.8 Å². The molecule has 2 aromatic rings. The Bertz CT molecular complexity index is 746. The van der Waals surface area contributed by atoms with Crippen LogP contribution in [0.25, 0.3) is 0 Å². The average Bonchev–Trinajstić information content (AvgIpc) is 3.01. The van der Waals surface area contributed by atoms with E-state index in [-0.39, 0.29) is 6.10 Å². The molecular weight excluding hydrogens is 318 g/mol. The van der Waals surface area contributed by atoms with E-state index in [9.17, 15) is 0 Å². The molecule has 0 unspecified atom stereocenters. The SMILES string of the molecule is N#Cc1ccc(O[C@@H]2CN(C3CCOCC3)Cc3ccnn3C2)nc1. The van der Waals surface area contributed by atoms with Crippen LogP contribution in [-0.4, -0.2) is 51.6 Å². The second-order valence-electron chi connectivity index (χ2n) is 6.51. The maximum absolute atomic E-state index is 8.89. The lowest BCUT2D eigenvalue weighted by atomic mass is 10.1. The fraction of sp³-hybridized carbons (Fsp3) is 0.500. The fourth-order valence-electron chi connectivity index (χ4n) is 3.53. The van der Waals surface area contributed by atoms with Gasteiger partial charge in [-0.25, -0.2) is 4.98 Å². The number of aromatic nitrogens is 3. The molecule has 2 aromatic heterocycles. The van der Waals surface area contributed by atoms with Crippen molar-refractivity contribution in [2.45, 2.75) is 38.1 Å². The Balaban J connectivity index is 1.52. The third-order valence-electron chi connectivity index (χ3n) is 4.84. The molecule has 0 saturated carbocycles. The van der Waals surface area contributed by atoms with E-state index in [0.29, 0.717) is 24.0 Å². The number of rotatable bonds is 3. The minimum atomic E-state index is -0.0376. The second kappa shape index (κ2) is 7.21. The monoisotopic (exact) mass is 339 g/mol. The number of pyridine rings is 1. The van der Waals surface area contributed by atoms with Crippen molar-refractivity contribution in [1.82, 2.24) is 19.7 Å².